The molecule has 0 amide bonds. The highest BCUT2D eigenvalue weighted by Gasteiger charge is 2.07. The second-order valence-corrected chi connectivity index (χ2v) is 3.48. The second-order valence-electron chi connectivity index (χ2n) is 3.48. The molecule has 0 atom stereocenters. The van der Waals surface area contributed by atoms with E-state index in [1.54, 1.807) is 12.1 Å². The lowest BCUT2D eigenvalue weighted by atomic mass is 10.2. The van der Waals surface area contributed by atoms with Crippen molar-refractivity contribution in [3.63, 3.8) is 0 Å². The van der Waals surface area contributed by atoms with Gasteiger partial charge in [0.25, 0.3) is 0 Å². The lowest BCUT2D eigenvalue weighted by Gasteiger charge is -2.09. The highest BCUT2D eigenvalue weighted by Crippen LogP contribution is 2.25. The number of benzene rings is 1. The van der Waals surface area contributed by atoms with Crippen LogP contribution in [0.15, 0.2) is 36.5 Å². The predicted octanol–water partition coefficient (Wildman–Crippen LogP) is 2.84. The zero-order chi connectivity index (χ0) is 13.0. The van der Waals surface area contributed by atoms with E-state index >= 15 is 0 Å². The molecule has 18 heavy (non-hydrogen) atoms. The number of nitriles is 1. The van der Waals surface area contributed by atoms with Crippen molar-refractivity contribution in [3.05, 3.63) is 48.0 Å². The van der Waals surface area contributed by atoms with Crippen molar-refractivity contribution < 1.29 is 9.13 Å². The van der Waals surface area contributed by atoms with Gasteiger partial charge >= 0.3 is 0 Å². The average Bonchev–Trinajstić information content (AvgIpc) is 2.42. The largest absolute Gasteiger partial charge is 0.497 e. The summed E-state index contributed by atoms with van der Waals surface area (Å²) in [5, 5.41) is 11.7. The molecule has 1 aromatic carbocycles. The molecule has 0 saturated carbocycles. The number of nitrogens with zero attached hydrogens (tertiary/aromatic N) is 2. The number of nitrogens with one attached hydrogen (secondary N) is 1. The lowest BCUT2D eigenvalue weighted by molar-refractivity contribution is 0.414. The summed E-state index contributed by atoms with van der Waals surface area (Å²) < 4.78 is 18.6. The first-order valence-electron chi connectivity index (χ1n) is 5.20. The van der Waals surface area contributed by atoms with Gasteiger partial charge in [0.2, 0.25) is 0 Å². The monoisotopic (exact) mass is 243 g/mol. The Kier molecular flexibility index (Phi) is 3.39. The van der Waals surface area contributed by atoms with Gasteiger partial charge < -0.3 is 10.1 Å². The Balaban J connectivity index is 2.37. The van der Waals surface area contributed by atoms with Crippen LogP contribution in [0.25, 0.3) is 0 Å². The van der Waals surface area contributed by atoms with Crippen LogP contribution in [0, 0.1) is 17.1 Å². The van der Waals surface area contributed by atoms with Crippen LogP contribution in [-0.4, -0.2) is 12.1 Å². The highest BCUT2D eigenvalue weighted by atomic mass is 19.1. The van der Waals surface area contributed by atoms with Gasteiger partial charge in [-0.05, 0) is 24.3 Å². The standard InChI is InChI=1S/C13H10FN3O/c1-18-9-4-5-10(14)12(7-9)17-11-3-2-6-16-13(11)8-15/h2-7,17H,1H3. The van der Waals surface area contributed by atoms with Gasteiger partial charge in [0.05, 0.1) is 18.5 Å². The summed E-state index contributed by atoms with van der Waals surface area (Å²) in [6.07, 6.45) is 1.51. The van der Waals surface area contributed by atoms with Crippen molar-refractivity contribution in [3.8, 4) is 11.8 Å². The Labute approximate surface area is 104 Å². The molecule has 0 fully saturated rings. The topological polar surface area (TPSA) is 57.9 Å². The van der Waals surface area contributed by atoms with E-state index in [4.69, 9.17) is 10.00 Å². The van der Waals surface area contributed by atoms with Gasteiger partial charge in [-0.1, -0.05) is 0 Å². The van der Waals surface area contributed by atoms with Crippen LogP contribution < -0.4 is 10.1 Å². The molecule has 0 radical (unpaired) electrons. The smallest absolute Gasteiger partial charge is 0.163 e. The quantitative estimate of drug-likeness (QED) is 0.900. The van der Waals surface area contributed by atoms with Gasteiger partial charge in [-0.2, -0.15) is 5.26 Å². The van der Waals surface area contributed by atoms with Crippen LogP contribution >= 0.6 is 0 Å². The fourth-order valence-electron chi connectivity index (χ4n) is 1.47. The molecule has 90 valence electrons. The summed E-state index contributed by atoms with van der Waals surface area (Å²) in [6, 6.07) is 9.60. The van der Waals surface area contributed by atoms with Crippen LogP contribution in [0.3, 0.4) is 0 Å². The maximum absolute atomic E-state index is 13.6. The van der Waals surface area contributed by atoms with Gasteiger partial charge in [0.1, 0.15) is 17.6 Å². The van der Waals surface area contributed by atoms with Crippen LogP contribution in [0.4, 0.5) is 15.8 Å². The molecule has 0 aliphatic heterocycles. The van der Waals surface area contributed by atoms with Gasteiger partial charge in [-0.15, -0.1) is 0 Å². The van der Waals surface area contributed by atoms with Crippen molar-refractivity contribution in [2.24, 2.45) is 0 Å². The van der Waals surface area contributed by atoms with Crippen molar-refractivity contribution in [1.82, 2.24) is 4.98 Å². The number of halogens is 1. The molecule has 0 aliphatic rings. The molecular formula is C13H10FN3O. The third-order valence-corrected chi connectivity index (χ3v) is 2.36. The van der Waals surface area contributed by atoms with Gasteiger partial charge in [0, 0.05) is 12.3 Å². The van der Waals surface area contributed by atoms with Crippen molar-refractivity contribution in [2.45, 2.75) is 0 Å². The second kappa shape index (κ2) is 5.15. The number of pyridine rings is 1. The SMILES string of the molecule is COc1ccc(F)c(Nc2cccnc2C#N)c1. The fourth-order valence-corrected chi connectivity index (χ4v) is 1.47. The first-order chi connectivity index (χ1) is 8.74. The predicted molar refractivity (Wildman–Crippen MR) is 65.2 cm³/mol. The first-order valence-corrected chi connectivity index (χ1v) is 5.20. The molecule has 4 nitrogen and oxygen atoms in total. The van der Waals surface area contributed by atoms with Gasteiger partial charge in [-0.25, -0.2) is 9.37 Å². The fraction of sp³-hybridized carbons (Fsp3) is 0.0769. The van der Waals surface area contributed by atoms with Gasteiger partial charge in [-0.3, -0.25) is 0 Å². The number of anilines is 2. The average molecular weight is 243 g/mol. The first kappa shape index (κ1) is 11.9. The molecule has 5 heteroatoms. The van der Waals surface area contributed by atoms with Crippen molar-refractivity contribution >= 4 is 11.4 Å². The molecule has 1 aromatic heterocycles. The molecule has 0 unspecified atom stereocenters. The minimum absolute atomic E-state index is 0.208. The van der Waals surface area contributed by atoms with Crippen molar-refractivity contribution in [2.75, 3.05) is 12.4 Å². The van der Waals surface area contributed by atoms with E-state index in [9.17, 15) is 4.39 Å². The number of rotatable bonds is 3. The van der Waals surface area contributed by atoms with E-state index in [1.165, 1.54) is 31.5 Å². The molecule has 1 N–H and O–H groups in total. The molecule has 0 saturated heterocycles. The zero-order valence-electron chi connectivity index (χ0n) is 9.64. The zero-order valence-corrected chi connectivity index (χ0v) is 9.64. The summed E-state index contributed by atoms with van der Waals surface area (Å²) in [6.45, 7) is 0. The van der Waals surface area contributed by atoms with E-state index < -0.39 is 5.82 Å². The number of ether oxygens (including phenoxy) is 1. The van der Waals surface area contributed by atoms with Crippen LogP contribution in [0.2, 0.25) is 0 Å². The minimum atomic E-state index is -0.427. The number of hydrogen-bond acceptors (Lipinski definition) is 4. The number of methoxy groups -OCH3 is 1. The lowest BCUT2D eigenvalue weighted by Crippen LogP contribution is -1.98. The normalized spacial score (nSPS) is 9.61. The van der Waals surface area contributed by atoms with E-state index in [0.717, 1.165) is 0 Å². The molecular weight excluding hydrogens is 233 g/mol. The van der Waals surface area contributed by atoms with Crippen LogP contribution in [0.5, 0.6) is 5.75 Å². The Hall–Kier alpha value is -2.61. The van der Waals surface area contributed by atoms with Gasteiger partial charge in [0.15, 0.2) is 5.69 Å². The molecule has 0 aliphatic carbocycles. The van der Waals surface area contributed by atoms with E-state index in [1.807, 2.05) is 6.07 Å². The molecule has 2 aromatic rings. The van der Waals surface area contributed by atoms with E-state index in [0.29, 0.717) is 11.4 Å². The third-order valence-electron chi connectivity index (χ3n) is 2.36. The molecule has 0 spiro atoms. The molecule has 1 heterocycles. The summed E-state index contributed by atoms with van der Waals surface area (Å²) >= 11 is 0. The molecule has 2 rings (SSSR count). The minimum Gasteiger partial charge on any atom is -0.497 e. The van der Waals surface area contributed by atoms with Crippen LogP contribution in [-0.2, 0) is 0 Å². The summed E-state index contributed by atoms with van der Waals surface area (Å²) in [5.74, 6) is 0.102. The number of aromatic nitrogens is 1. The Bertz CT molecular complexity index is 607. The number of hydrogen-bond donors (Lipinski definition) is 1. The Morgan fingerprint density at radius 3 is 2.89 bits per heavy atom. The Morgan fingerprint density at radius 2 is 2.17 bits per heavy atom. The van der Waals surface area contributed by atoms with E-state index in [-0.39, 0.29) is 11.4 Å². The molecule has 0 bridgehead atoms. The maximum Gasteiger partial charge on any atom is 0.163 e. The highest BCUT2D eigenvalue weighted by molar-refractivity contribution is 5.65. The third kappa shape index (κ3) is 2.38. The summed E-state index contributed by atoms with van der Waals surface area (Å²) in [4.78, 5) is 3.89. The van der Waals surface area contributed by atoms with Crippen molar-refractivity contribution in [1.29, 1.82) is 5.26 Å². The summed E-state index contributed by atoms with van der Waals surface area (Å²) in [7, 11) is 1.50. The maximum atomic E-state index is 13.6. The Morgan fingerprint density at radius 1 is 1.33 bits per heavy atom. The van der Waals surface area contributed by atoms with Crippen LogP contribution in [0.1, 0.15) is 5.69 Å². The summed E-state index contributed by atoms with van der Waals surface area (Å²) in [5.41, 5.74) is 0.894. The van der Waals surface area contributed by atoms with E-state index in [2.05, 4.69) is 10.3 Å².